The maximum Gasteiger partial charge on any atom is 0.265 e. The molecule has 0 atom stereocenters. The summed E-state index contributed by atoms with van der Waals surface area (Å²) >= 11 is 1.47. The zero-order chi connectivity index (χ0) is 15.1. The van der Waals surface area contributed by atoms with Crippen molar-refractivity contribution < 1.29 is 4.79 Å². The summed E-state index contributed by atoms with van der Waals surface area (Å²) in [6, 6.07) is 7.97. The Labute approximate surface area is 127 Å². The molecular formula is C16H17N3OS. The second-order valence-corrected chi connectivity index (χ2v) is 6.34. The number of fused-ring (bicyclic) bond motifs is 1. The van der Waals surface area contributed by atoms with Crippen LogP contribution in [-0.4, -0.2) is 15.7 Å². The summed E-state index contributed by atoms with van der Waals surface area (Å²) < 4.78 is 1.82. The molecule has 0 bridgehead atoms. The SMILES string of the molecule is Cc1ccc(C)c(NC(=O)c2cc3c(C)nn(C)c3s2)c1. The van der Waals surface area contributed by atoms with E-state index in [0.717, 1.165) is 32.7 Å². The van der Waals surface area contributed by atoms with Gasteiger partial charge in [0, 0.05) is 18.1 Å². The molecule has 3 rings (SSSR count). The highest BCUT2D eigenvalue weighted by atomic mass is 32.1. The summed E-state index contributed by atoms with van der Waals surface area (Å²) in [6.07, 6.45) is 0. The van der Waals surface area contributed by atoms with E-state index in [1.54, 1.807) is 0 Å². The van der Waals surface area contributed by atoms with Crippen LogP contribution in [0.1, 0.15) is 26.5 Å². The van der Waals surface area contributed by atoms with Gasteiger partial charge >= 0.3 is 0 Å². The largest absolute Gasteiger partial charge is 0.321 e. The fraction of sp³-hybridized carbons (Fsp3) is 0.250. The lowest BCUT2D eigenvalue weighted by molar-refractivity contribution is 0.103. The molecule has 5 heteroatoms. The van der Waals surface area contributed by atoms with Crippen LogP contribution in [0.2, 0.25) is 0 Å². The van der Waals surface area contributed by atoms with E-state index in [2.05, 4.69) is 10.4 Å². The number of carbonyl (C=O) groups is 1. The molecule has 0 unspecified atom stereocenters. The van der Waals surface area contributed by atoms with Gasteiger partial charge in [-0.3, -0.25) is 9.48 Å². The molecule has 1 amide bonds. The van der Waals surface area contributed by atoms with Gasteiger partial charge in [-0.25, -0.2) is 0 Å². The van der Waals surface area contributed by atoms with E-state index in [-0.39, 0.29) is 5.91 Å². The lowest BCUT2D eigenvalue weighted by atomic mass is 10.1. The highest BCUT2D eigenvalue weighted by Gasteiger charge is 2.15. The van der Waals surface area contributed by atoms with Gasteiger partial charge in [0.2, 0.25) is 0 Å². The standard InChI is InChI=1S/C16H17N3OS/c1-9-5-6-10(2)13(7-9)17-15(20)14-8-12-11(3)18-19(4)16(12)21-14/h5-8H,1-4H3,(H,17,20). The third-order valence-electron chi connectivity index (χ3n) is 3.56. The fourth-order valence-corrected chi connectivity index (χ4v) is 3.39. The molecule has 0 spiro atoms. The zero-order valence-electron chi connectivity index (χ0n) is 12.5. The van der Waals surface area contributed by atoms with Crippen molar-refractivity contribution >= 4 is 33.1 Å². The topological polar surface area (TPSA) is 46.9 Å². The first-order valence-corrected chi connectivity index (χ1v) is 7.59. The molecule has 0 saturated heterocycles. The molecule has 21 heavy (non-hydrogen) atoms. The molecule has 3 aromatic rings. The second-order valence-electron chi connectivity index (χ2n) is 5.31. The van der Waals surface area contributed by atoms with Gasteiger partial charge in [0.15, 0.2) is 0 Å². The first-order chi connectivity index (χ1) is 9.95. The van der Waals surface area contributed by atoms with Crippen molar-refractivity contribution in [3.63, 3.8) is 0 Å². The van der Waals surface area contributed by atoms with E-state index >= 15 is 0 Å². The van der Waals surface area contributed by atoms with Crippen LogP contribution >= 0.6 is 11.3 Å². The van der Waals surface area contributed by atoms with E-state index in [0.29, 0.717) is 4.88 Å². The average molecular weight is 299 g/mol. The molecule has 1 N–H and O–H groups in total. The van der Waals surface area contributed by atoms with Crippen molar-refractivity contribution in [2.45, 2.75) is 20.8 Å². The summed E-state index contributed by atoms with van der Waals surface area (Å²) in [5.41, 5.74) is 4.02. The van der Waals surface area contributed by atoms with Crippen LogP contribution in [0.15, 0.2) is 24.3 Å². The summed E-state index contributed by atoms with van der Waals surface area (Å²) in [6.45, 7) is 5.97. The number of aromatic nitrogens is 2. The summed E-state index contributed by atoms with van der Waals surface area (Å²) in [7, 11) is 1.90. The number of carbonyl (C=O) groups excluding carboxylic acids is 1. The minimum absolute atomic E-state index is 0.0655. The van der Waals surface area contributed by atoms with Crippen LogP contribution in [0.4, 0.5) is 5.69 Å². The molecule has 0 aliphatic rings. The van der Waals surface area contributed by atoms with E-state index in [1.807, 2.05) is 56.8 Å². The van der Waals surface area contributed by atoms with E-state index in [1.165, 1.54) is 11.3 Å². The molecule has 0 saturated carbocycles. The van der Waals surface area contributed by atoms with Crippen molar-refractivity contribution in [2.75, 3.05) is 5.32 Å². The average Bonchev–Trinajstić information content (AvgIpc) is 2.97. The summed E-state index contributed by atoms with van der Waals surface area (Å²) in [4.78, 5) is 14.2. The van der Waals surface area contributed by atoms with Gasteiger partial charge in [0.25, 0.3) is 5.91 Å². The molecule has 0 radical (unpaired) electrons. The maximum atomic E-state index is 12.4. The van der Waals surface area contributed by atoms with Crippen LogP contribution < -0.4 is 5.32 Å². The third-order valence-corrected chi connectivity index (χ3v) is 4.76. The Morgan fingerprint density at radius 1 is 1.24 bits per heavy atom. The molecule has 0 aliphatic carbocycles. The number of aryl methyl sites for hydroxylation is 4. The molecular weight excluding hydrogens is 282 g/mol. The quantitative estimate of drug-likeness (QED) is 0.782. The molecule has 4 nitrogen and oxygen atoms in total. The van der Waals surface area contributed by atoms with E-state index in [9.17, 15) is 4.79 Å². The molecule has 1 aromatic carbocycles. The van der Waals surface area contributed by atoms with Crippen molar-refractivity contribution in [1.82, 2.24) is 9.78 Å². The Morgan fingerprint density at radius 3 is 2.71 bits per heavy atom. The van der Waals surface area contributed by atoms with E-state index in [4.69, 9.17) is 0 Å². The first kappa shape index (κ1) is 13.8. The van der Waals surface area contributed by atoms with Crippen molar-refractivity contribution in [2.24, 2.45) is 7.05 Å². The van der Waals surface area contributed by atoms with Crippen LogP contribution in [0, 0.1) is 20.8 Å². The Hall–Kier alpha value is -2.14. The normalized spacial score (nSPS) is 11.0. The van der Waals surface area contributed by atoms with Gasteiger partial charge in [-0.1, -0.05) is 12.1 Å². The second kappa shape index (κ2) is 5.00. The number of benzene rings is 1. The van der Waals surface area contributed by atoms with Gasteiger partial charge in [-0.15, -0.1) is 11.3 Å². The number of anilines is 1. The Morgan fingerprint density at radius 2 is 2.00 bits per heavy atom. The van der Waals surface area contributed by atoms with Gasteiger partial charge in [-0.05, 0) is 44.0 Å². The molecule has 0 aliphatic heterocycles. The number of thiophene rings is 1. The molecule has 108 valence electrons. The Kier molecular flexibility index (Phi) is 3.29. The summed E-state index contributed by atoms with van der Waals surface area (Å²) in [5.74, 6) is -0.0655. The number of nitrogens with zero attached hydrogens (tertiary/aromatic N) is 2. The third kappa shape index (κ3) is 2.45. The predicted octanol–water partition coefficient (Wildman–Crippen LogP) is 3.81. The smallest absolute Gasteiger partial charge is 0.265 e. The molecule has 2 heterocycles. The maximum absolute atomic E-state index is 12.4. The number of amides is 1. The number of nitrogens with one attached hydrogen (secondary N) is 1. The fourth-order valence-electron chi connectivity index (χ4n) is 2.37. The van der Waals surface area contributed by atoms with Gasteiger partial charge < -0.3 is 5.32 Å². The predicted molar refractivity (Wildman–Crippen MR) is 87.2 cm³/mol. The van der Waals surface area contributed by atoms with Crippen molar-refractivity contribution in [3.8, 4) is 0 Å². The zero-order valence-corrected chi connectivity index (χ0v) is 13.3. The highest BCUT2D eigenvalue weighted by Crippen LogP contribution is 2.28. The van der Waals surface area contributed by atoms with Crippen LogP contribution in [-0.2, 0) is 7.05 Å². The summed E-state index contributed by atoms with van der Waals surface area (Å²) in [5, 5.41) is 8.40. The monoisotopic (exact) mass is 299 g/mol. The van der Waals surface area contributed by atoms with Gasteiger partial charge in [0.05, 0.1) is 10.6 Å². The van der Waals surface area contributed by atoms with E-state index < -0.39 is 0 Å². The lowest BCUT2D eigenvalue weighted by Gasteiger charge is -2.08. The van der Waals surface area contributed by atoms with Gasteiger partial charge in [-0.2, -0.15) is 5.10 Å². The molecule has 2 aromatic heterocycles. The Balaban J connectivity index is 1.93. The highest BCUT2D eigenvalue weighted by molar-refractivity contribution is 7.20. The van der Waals surface area contributed by atoms with Gasteiger partial charge in [0.1, 0.15) is 4.83 Å². The van der Waals surface area contributed by atoms with Crippen molar-refractivity contribution in [1.29, 1.82) is 0 Å². The number of rotatable bonds is 2. The first-order valence-electron chi connectivity index (χ1n) is 6.77. The lowest BCUT2D eigenvalue weighted by Crippen LogP contribution is -2.11. The van der Waals surface area contributed by atoms with Crippen molar-refractivity contribution in [3.05, 3.63) is 46.0 Å². The molecule has 0 fully saturated rings. The minimum Gasteiger partial charge on any atom is -0.321 e. The Bertz CT molecular complexity index is 810. The van der Waals surface area contributed by atoms with Crippen LogP contribution in [0.25, 0.3) is 10.2 Å². The van der Waals surface area contributed by atoms with Crippen LogP contribution in [0.3, 0.4) is 0 Å². The number of hydrogen-bond acceptors (Lipinski definition) is 3. The number of hydrogen-bond donors (Lipinski definition) is 1. The minimum atomic E-state index is -0.0655. The van der Waals surface area contributed by atoms with Crippen LogP contribution in [0.5, 0.6) is 0 Å².